The number of phenols is 1. The number of benzene rings is 1. The summed E-state index contributed by atoms with van der Waals surface area (Å²) in [5.41, 5.74) is 3.37. The third-order valence-electron chi connectivity index (χ3n) is 5.20. The van der Waals surface area contributed by atoms with Crippen molar-refractivity contribution in [3.63, 3.8) is 0 Å². The quantitative estimate of drug-likeness (QED) is 0.884. The van der Waals surface area contributed by atoms with Gasteiger partial charge in [0.25, 0.3) is 0 Å². The maximum absolute atomic E-state index is 10.6. The summed E-state index contributed by atoms with van der Waals surface area (Å²) in [7, 11) is 0. The number of hydrogen-bond acceptors (Lipinski definition) is 5. The lowest BCUT2D eigenvalue weighted by atomic mass is 9.94. The van der Waals surface area contributed by atoms with Crippen molar-refractivity contribution in [1.29, 1.82) is 0 Å². The number of fused-ring (bicyclic) bond motifs is 2. The van der Waals surface area contributed by atoms with Crippen LogP contribution in [0.4, 0.5) is 0 Å². The fourth-order valence-electron chi connectivity index (χ4n) is 4.05. The number of nitrogens with one attached hydrogen (secondary N) is 1. The van der Waals surface area contributed by atoms with Crippen LogP contribution in [0.2, 0.25) is 0 Å². The van der Waals surface area contributed by atoms with Crippen molar-refractivity contribution in [2.45, 2.75) is 45.3 Å². The van der Waals surface area contributed by atoms with Crippen LogP contribution in [0.3, 0.4) is 0 Å². The molecule has 1 aromatic rings. The molecule has 23 heavy (non-hydrogen) atoms. The molecule has 0 aliphatic carbocycles. The van der Waals surface area contributed by atoms with E-state index in [1.54, 1.807) is 0 Å². The predicted molar refractivity (Wildman–Crippen MR) is 88.7 cm³/mol. The van der Waals surface area contributed by atoms with Crippen LogP contribution >= 0.6 is 0 Å². The number of ether oxygens (including phenoxy) is 2. The van der Waals surface area contributed by atoms with E-state index in [1.807, 2.05) is 0 Å². The molecule has 3 aliphatic rings. The van der Waals surface area contributed by atoms with Crippen LogP contribution in [0.25, 0.3) is 0 Å². The van der Waals surface area contributed by atoms with Gasteiger partial charge in [0.15, 0.2) is 11.5 Å². The zero-order chi connectivity index (χ0) is 16.0. The van der Waals surface area contributed by atoms with Crippen LogP contribution in [-0.2, 0) is 19.3 Å². The molecule has 5 nitrogen and oxygen atoms in total. The molecule has 3 heterocycles. The average Bonchev–Trinajstić information content (AvgIpc) is 3.11. The SMILES string of the molecule is CC1Cc2c(CCN3CCNCC3)c3c(c(O)c2O1)CC(C)O3. The topological polar surface area (TPSA) is 54.0 Å². The molecular formula is C18H26N2O3. The van der Waals surface area contributed by atoms with Gasteiger partial charge in [-0.15, -0.1) is 0 Å². The third kappa shape index (κ3) is 2.66. The Bertz CT molecular complexity index is 572. The highest BCUT2D eigenvalue weighted by Crippen LogP contribution is 2.50. The largest absolute Gasteiger partial charge is 0.504 e. The molecule has 1 fully saturated rings. The fraction of sp³-hybridized carbons (Fsp3) is 0.667. The van der Waals surface area contributed by atoms with Gasteiger partial charge in [-0.05, 0) is 20.3 Å². The summed E-state index contributed by atoms with van der Waals surface area (Å²) in [5.74, 6) is 1.96. The van der Waals surface area contributed by atoms with E-state index in [0.29, 0.717) is 11.5 Å². The van der Waals surface area contributed by atoms with E-state index in [4.69, 9.17) is 9.47 Å². The van der Waals surface area contributed by atoms with Crippen LogP contribution in [0.15, 0.2) is 0 Å². The van der Waals surface area contributed by atoms with Gasteiger partial charge in [-0.2, -0.15) is 0 Å². The number of nitrogens with zero attached hydrogens (tertiary/aromatic N) is 1. The highest BCUT2D eigenvalue weighted by molar-refractivity contribution is 5.65. The van der Waals surface area contributed by atoms with Crippen molar-refractivity contribution in [3.8, 4) is 17.2 Å². The Kier molecular flexibility index (Phi) is 3.85. The number of rotatable bonds is 3. The lowest BCUT2D eigenvalue weighted by Crippen LogP contribution is -2.44. The first-order valence-corrected chi connectivity index (χ1v) is 8.79. The summed E-state index contributed by atoms with van der Waals surface area (Å²) in [6.07, 6.45) is 2.87. The second-order valence-electron chi connectivity index (χ2n) is 7.05. The molecule has 2 unspecified atom stereocenters. The van der Waals surface area contributed by atoms with Crippen LogP contribution in [0.5, 0.6) is 17.2 Å². The van der Waals surface area contributed by atoms with Gasteiger partial charge in [0.2, 0.25) is 0 Å². The monoisotopic (exact) mass is 318 g/mol. The number of piperazine rings is 1. The van der Waals surface area contributed by atoms with Gasteiger partial charge in [0.05, 0.1) is 0 Å². The Balaban J connectivity index is 1.65. The van der Waals surface area contributed by atoms with Gasteiger partial charge in [-0.1, -0.05) is 0 Å². The molecule has 0 radical (unpaired) electrons. The standard InChI is InChI=1S/C18H26N2O3/c1-11-9-14-13(3-6-20-7-4-19-5-8-20)17-15(10-12(2)22-17)16(21)18(14)23-11/h11-12,19,21H,3-10H2,1-2H3. The summed E-state index contributed by atoms with van der Waals surface area (Å²) in [6, 6.07) is 0. The normalized spacial score (nSPS) is 26.5. The molecule has 2 N–H and O–H groups in total. The van der Waals surface area contributed by atoms with E-state index in [-0.39, 0.29) is 12.2 Å². The van der Waals surface area contributed by atoms with E-state index < -0.39 is 0 Å². The van der Waals surface area contributed by atoms with Crippen LogP contribution in [0.1, 0.15) is 30.5 Å². The van der Waals surface area contributed by atoms with Crippen LogP contribution in [-0.4, -0.2) is 54.9 Å². The third-order valence-corrected chi connectivity index (χ3v) is 5.20. The number of hydrogen-bond donors (Lipinski definition) is 2. The first kappa shape index (κ1) is 15.1. The van der Waals surface area contributed by atoms with Gasteiger partial charge in [-0.25, -0.2) is 0 Å². The molecule has 3 aliphatic heterocycles. The minimum atomic E-state index is 0.133. The molecule has 2 atom stereocenters. The molecule has 0 bridgehead atoms. The van der Waals surface area contributed by atoms with Crippen molar-refractivity contribution in [2.24, 2.45) is 0 Å². The molecule has 0 amide bonds. The Hall–Kier alpha value is -1.46. The Labute approximate surface area is 137 Å². The van der Waals surface area contributed by atoms with Crippen molar-refractivity contribution in [1.82, 2.24) is 10.2 Å². The van der Waals surface area contributed by atoms with Crippen molar-refractivity contribution in [3.05, 3.63) is 16.7 Å². The summed E-state index contributed by atoms with van der Waals surface area (Å²) < 4.78 is 12.0. The molecule has 5 heteroatoms. The van der Waals surface area contributed by atoms with E-state index in [2.05, 4.69) is 24.1 Å². The lowest BCUT2D eigenvalue weighted by Gasteiger charge is -2.27. The Morgan fingerprint density at radius 2 is 1.70 bits per heavy atom. The molecular weight excluding hydrogens is 292 g/mol. The molecule has 0 spiro atoms. The van der Waals surface area contributed by atoms with E-state index in [0.717, 1.165) is 68.9 Å². The fourth-order valence-corrected chi connectivity index (χ4v) is 4.05. The molecule has 0 aromatic heterocycles. The molecule has 0 saturated carbocycles. The maximum Gasteiger partial charge on any atom is 0.165 e. The van der Waals surface area contributed by atoms with E-state index in [9.17, 15) is 5.11 Å². The Morgan fingerprint density at radius 3 is 2.43 bits per heavy atom. The highest BCUT2D eigenvalue weighted by Gasteiger charge is 2.35. The van der Waals surface area contributed by atoms with Gasteiger partial charge in [0, 0.05) is 62.3 Å². The van der Waals surface area contributed by atoms with Crippen LogP contribution in [0, 0.1) is 0 Å². The smallest absolute Gasteiger partial charge is 0.165 e. The van der Waals surface area contributed by atoms with Crippen molar-refractivity contribution >= 4 is 0 Å². The van der Waals surface area contributed by atoms with E-state index in [1.165, 1.54) is 5.56 Å². The van der Waals surface area contributed by atoms with Gasteiger partial charge >= 0.3 is 0 Å². The number of aromatic hydroxyl groups is 1. The van der Waals surface area contributed by atoms with Crippen molar-refractivity contribution in [2.75, 3.05) is 32.7 Å². The summed E-state index contributed by atoms with van der Waals surface area (Å²) in [6.45, 7) is 9.51. The summed E-state index contributed by atoms with van der Waals surface area (Å²) in [4.78, 5) is 2.50. The molecule has 1 aromatic carbocycles. The molecule has 126 valence electrons. The minimum absolute atomic E-state index is 0.133. The first-order chi connectivity index (χ1) is 11.1. The van der Waals surface area contributed by atoms with Gasteiger partial charge in [0.1, 0.15) is 18.0 Å². The second-order valence-corrected chi connectivity index (χ2v) is 7.05. The van der Waals surface area contributed by atoms with Gasteiger partial charge < -0.3 is 24.8 Å². The predicted octanol–water partition coefficient (Wildman–Crippen LogP) is 1.49. The maximum atomic E-state index is 10.6. The summed E-state index contributed by atoms with van der Waals surface area (Å²) in [5, 5.41) is 14.0. The zero-order valence-corrected chi connectivity index (χ0v) is 14.0. The number of phenolic OH excluding ortho intramolecular Hbond substituents is 1. The highest BCUT2D eigenvalue weighted by atomic mass is 16.5. The Morgan fingerprint density at radius 1 is 1.04 bits per heavy atom. The molecule has 4 rings (SSSR count). The van der Waals surface area contributed by atoms with Gasteiger partial charge in [-0.3, -0.25) is 0 Å². The first-order valence-electron chi connectivity index (χ1n) is 8.79. The van der Waals surface area contributed by atoms with Crippen molar-refractivity contribution < 1.29 is 14.6 Å². The summed E-state index contributed by atoms with van der Waals surface area (Å²) >= 11 is 0. The minimum Gasteiger partial charge on any atom is -0.504 e. The average molecular weight is 318 g/mol. The lowest BCUT2D eigenvalue weighted by molar-refractivity contribution is 0.237. The zero-order valence-electron chi connectivity index (χ0n) is 14.0. The van der Waals surface area contributed by atoms with E-state index >= 15 is 0 Å². The molecule has 1 saturated heterocycles. The second kappa shape index (κ2) is 5.87. The van der Waals surface area contributed by atoms with Crippen LogP contribution < -0.4 is 14.8 Å².